The Morgan fingerprint density at radius 2 is 2.26 bits per heavy atom. The summed E-state index contributed by atoms with van der Waals surface area (Å²) in [7, 11) is 1.37. The van der Waals surface area contributed by atoms with Gasteiger partial charge in [-0.2, -0.15) is 0 Å². The van der Waals surface area contributed by atoms with Crippen molar-refractivity contribution in [1.82, 2.24) is 24.5 Å². The lowest BCUT2D eigenvalue weighted by Gasteiger charge is -2.25. The van der Waals surface area contributed by atoms with Crippen molar-refractivity contribution in [2.45, 2.75) is 19.4 Å². The van der Waals surface area contributed by atoms with E-state index >= 15 is 0 Å². The molecule has 0 atom stereocenters. The van der Waals surface area contributed by atoms with Gasteiger partial charge in [0.15, 0.2) is 5.65 Å². The molecule has 2 aromatic heterocycles. The number of anilines is 1. The lowest BCUT2D eigenvalue weighted by molar-refractivity contribution is 0.128. The number of aromatic nitrogens is 4. The summed E-state index contributed by atoms with van der Waals surface area (Å²) in [5.41, 5.74) is 4.03. The van der Waals surface area contributed by atoms with E-state index in [1.54, 1.807) is 27.9 Å². The van der Waals surface area contributed by atoms with E-state index in [-0.39, 0.29) is 18.5 Å². The van der Waals surface area contributed by atoms with Crippen molar-refractivity contribution < 1.29 is 18.7 Å². The highest BCUT2D eigenvalue weighted by Gasteiger charge is 2.22. The first-order valence-electron chi connectivity index (χ1n) is 10.0. The molecule has 1 amide bonds. The van der Waals surface area contributed by atoms with E-state index in [9.17, 15) is 9.18 Å². The number of ether oxygens (including phenoxy) is 2. The van der Waals surface area contributed by atoms with Gasteiger partial charge in [0.2, 0.25) is 5.95 Å². The van der Waals surface area contributed by atoms with Crippen LogP contribution in [0.4, 0.5) is 15.1 Å². The fourth-order valence-electron chi connectivity index (χ4n) is 4.06. The number of nitrogens with one attached hydrogen (secondary N) is 1. The van der Waals surface area contributed by atoms with E-state index in [4.69, 9.17) is 9.47 Å². The molecule has 160 valence electrons. The third kappa shape index (κ3) is 3.43. The fourth-order valence-corrected chi connectivity index (χ4v) is 4.06. The third-order valence-corrected chi connectivity index (χ3v) is 5.68. The highest BCUT2D eigenvalue weighted by molar-refractivity contribution is 5.78. The van der Waals surface area contributed by atoms with Crippen LogP contribution in [0.1, 0.15) is 23.1 Å². The van der Waals surface area contributed by atoms with Gasteiger partial charge >= 0.3 is 6.09 Å². The van der Waals surface area contributed by atoms with Gasteiger partial charge in [0.05, 0.1) is 13.7 Å². The van der Waals surface area contributed by atoms with Crippen molar-refractivity contribution in [3.63, 3.8) is 0 Å². The molecule has 0 unspecified atom stereocenters. The van der Waals surface area contributed by atoms with Crippen LogP contribution < -0.4 is 10.1 Å². The Morgan fingerprint density at radius 3 is 3.06 bits per heavy atom. The number of benzene rings is 1. The summed E-state index contributed by atoms with van der Waals surface area (Å²) in [5.74, 6) is 0.990. The summed E-state index contributed by atoms with van der Waals surface area (Å²) in [5, 5.41) is 11.5. The topological polar surface area (TPSA) is 93.9 Å². The molecule has 9 nitrogen and oxygen atoms in total. The van der Waals surface area contributed by atoms with Crippen LogP contribution in [0.3, 0.4) is 0 Å². The van der Waals surface area contributed by atoms with Crippen LogP contribution >= 0.6 is 0 Å². The molecular formula is C21H21FN6O3. The summed E-state index contributed by atoms with van der Waals surface area (Å²) in [6, 6.07) is 3.10. The minimum Gasteiger partial charge on any atom is -0.493 e. The van der Waals surface area contributed by atoms with E-state index in [0.717, 1.165) is 22.4 Å². The Balaban J connectivity index is 1.40. The molecule has 0 saturated carbocycles. The summed E-state index contributed by atoms with van der Waals surface area (Å²) < 4.78 is 26.5. The fraction of sp³-hybridized carbons (Fsp3) is 0.333. The Morgan fingerprint density at radius 1 is 1.35 bits per heavy atom. The minimum atomic E-state index is -0.342. The van der Waals surface area contributed by atoms with Crippen LogP contribution in [0.15, 0.2) is 30.7 Å². The zero-order valence-corrected chi connectivity index (χ0v) is 17.0. The molecule has 0 bridgehead atoms. The van der Waals surface area contributed by atoms with E-state index in [0.29, 0.717) is 49.7 Å². The average molecular weight is 424 g/mol. The maximum Gasteiger partial charge on any atom is 0.409 e. The van der Waals surface area contributed by atoms with Crippen molar-refractivity contribution in [2.24, 2.45) is 0 Å². The van der Waals surface area contributed by atoms with Gasteiger partial charge in [-0.05, 0) is 24.1 Å². The molecule has 3 aromatic rings. The molecule has 31 heavy (non-hydrogen) atoms. The second-order valence-electron chi connectivity index (χ2n) is 7.37. The maximum absolute atomic E-state index is 14.4. The number of nitrogens with zero attached hydrogens (tertiary/aromatic N) is 5. The van der Waals surface area contributed by atoms with Crippen LogP contribution in [0.25, 0.3) is 11.2 Å². The van der Waals surface area contributed by atoms with Crippen LogP contribution in [0.2, 0.25) is 0 Å². The summed E-state index contributed by atoms with van der Waals surface area (Å²) in [6.45, 7) is 1.85. The van der Waals surface area contributed by atoms with Crippen molar-refractivity contribution >= 4 is 23.3 Å². The first-order chi connectivity index (χ1) is 15.2. The first-order valence-corrected chi connectivity index (χ1v) is 10.0. The number of hydrogen-bond donors (Lipinski definition) is 1. The highest BCUT2D eigenvalue weighted by Crippen LogP contribution is 2.31. The largest absolute Gasteiger partial charge is 0.493 e. The monoisotopic (exact) mass is 424 g/mol. The van der Waals surface area contributed by atoms with Gasteiger partial charge in [0.25, 0.3) is 0 Å². The van der Waals surface area contributed by atoms with Gasteiger partial charge in [0.1, 0.15) is 17.9 Å². The number of hydrogen-bond acceptors (Lipinski definition) is 7. The summed E-state index contributed by atoms with van der Waals surface area (Å²) in [4.78, 5) is 17.9. The van der Waals surface area contributed by atoms with Crippen molar-refractivity contribution in [3.05, 3.63) is 53.2 Å². The molecule has 1 aromatic carbocycles. The molecule has 2 aliphatic rings. The number of amides is 1. The predicted molar refractivity (Wildman–Crippen MR) is 110 cm³/mol. The quantitative estimate of drug-likeness (QED) is 0.688. The van der Waals surface area contributed by atoms with Crippen molar-refractivity contribution in [3.8, 4) is 5.75 Å². The molecule has 0 spiro atoms. The third-order valence-electron chi connectivity index (χ3n) is 5.68. The first kappa shape index (κ1) is 19.3. The number of halogens is 1. The molecular weight excluding hydrogens is 403 g/mol. The molecule has 2 aliphatic heterocycles. The predicted octanol–water partition coefficient (Wildman–Crippen LogP) is 2.67. The molecule has 5 rings (SSSR count). The van der Waals surface area contributed by atoms with Gasteiger partial charge in [-0.3, -0.25) is 4.40 Å². The lowest BCUT2D eigenvalue weighted by Crippen LogP contribution is -2.34. The molecule has 1 N–H and O–H groups in total. The van der Waals surface area contributed by atoms with E-state index in [1.165, 1.54) is 13.2 Å². The average Bonchev–Trinajstić information content (AvgIpc) is 3.48. The number of carbonyl (C=O) groups excluding carboxylic acids is 1. The Labute approximate surface area is 177 Å². The maximum atomic E-state index is 14.4. The Kier molecular flexibility index (Phi) is 4.89. The standard InChI is InChI=1S/C21H21FN6O3/c1-30-21(29)27-7-4-13(5-8-27)15-10-23-20(28-12-25-26-19(15)28)24-11-16-14-6-9-31-18(14)3-2-17(16)22/h2-4,10,12H,5-9,11H2,1H3,(H,23,24). The van der Waals surface area contributed by atoms with Crippen LogP contribution in [0, 0.1) is 5.82 Å². The normalized spacial score (nSPS) is 15.4. The summed E-state index contributed by atoms with van der Waals surface area (Å²) >= 11 is 0. The van der Waals surface area contributed by atoms with Crippen LogP contribution in [-0.4, -0.2) is 57.4 Å². The smallest absolute Gasteiger partial charge is 0.409 e. The SMILES string of the molecule is COC(=O)N1CC=C(c2cnc(NCc3c(F)ccc4c3CCO4)n3cnnc23)CC1. The molecule has 4 heterocycles. The van der Waals surface area contributed by atoms with Gasteiger partial charge in [-0.15, -0.1) is 10.2 Å². The number of fused-ring (bicyclic) bond motifs is 2. The summed E-state index contributed by atoms with van der Waals surface area (Å²) in [6.07, 6.45) is 6.30. The van der Waals surface area contributed by atoms with Gasteiger partial charge in [-0.25, -0.2) is 14.2 Å². The van der Waals surface area contributed by atoms with Crippen molar-refractivity contribution in [2.75, 3.05) is 32.1 Å². The molecule has 0 radical (unpaired) electrons. The van der Waals surface area contributed by atoms with E-state index in [2.05, 4.69) is 20.5 Å². The molecule has 0 fully saturated rings. The van der Waals surface area contributed by atoms with E-state index < -0.39 is 0 Å². The van der Waals surface area contributed by atoms with Gasteiger partial charge in [-0.1, -0.05) is 6.08 Å². The van der Waals surface area contributed by atoms with Crippen molar-refractivity contribution in [1.29, 1.82) is 0 Å². The Bertz CT molecular complexity index is 1190. The Hall–Kier alpha value is -3.69. The van der Waals surface area contributed by atoms with Crippen LogP contribution in [0.5, 0.6) is 5.75 Å². The minimum absolute atomic E-state index is 0.268. The number of methoxy groups -OCH3 is 1. The molecule has 0 aliphatic carbocycles. The lowest BCUT2D eigenvalue weighted by atomic mass is 10.0. The van der Waals surface area contributed by atoms with Crippen LogP contribution in [-0.2, 0) is 17.7 Å². The number of rotatable bonds is 4. The zero-order valence-electron chi connectivity index (χ0n) is 17.0. The second-order valence-corrected chi connectivity index (χ2v) is 7.37. The zero-order chi connectivity index (χ0) is 21.4. The second kappa shape index (κ2) is 7.86. The molecule has 0 saturated heterocycles. The van der Waals surface area contributed by atoms with E-state index in [1.807, 2.05) is 6.08 Å². The number of carbonyl (C=O) groups is 1. The van der Waals surface area contributed by atoms with Gasteiger partial charge < -0.3 is 19.7 Å². The van der Waals surface area contributed by atoms with Gasteiger partial charge in [0, 0.05) is 48.9 Å². The molecule has 10 heteroatoms. The highest BCUT2D eigenvalue weighted by atomic mass is 19.1.